The first-order valence-corrected chi connectivity index (χ1v) is 4.75. The summed E-state index contributed by atoms with van der Waals surface area (Å²) in [6.45, 7) is 2.55. The van der Waals surface area contributed by atoms with Crippen LogP contribution >= 0.6 is 0 Å². The third-order valence-electron chi connectivity index (χ3n) is 2.41. The lowest BCUT2D eigenvalue weighted by Gasteiger charge is -2.23. The molecular weight excluding hydrogens is 178 g/mol. The van der Waals surface area contributed by atoms with E-state index in [0.29, 0.717) is 6.61 Å². The molecule has 0 spiro atoms. The average Bonchev–Trinajstić information content (AvgIpc) is 2.19. The van der Waals surface area contributed by atoms with Crippen molar-refractivity contribution in [1.82, 2.24) is 5.32 Å². The zero-order valence-electron chi connectivity index (χ0n) is 8.12. The molecule has 0 radical (unpaired) electrons. The predicted octanol–water partition coefficient (Wildman–Crippen LogP) is 2.17. The van der Waals surface area contributed by atoms with Crippen LogP contribution in [-0.4, -0.2) is 12.7 Å². The summed E-state index contributed by atoms with van der Waals surface area (Å²) in [7, 11) is 0. The van der Waals surface area contributed by atoms with Gasteiger partial charge in [0, 0.05) is 6.42 Å². The number of aryl methyl sites for hydroxylation is 1. The third kappa shape index (κ3) is 1.87. The maximum Gasteiger partial charge on any atom is 0.407 e. The SMILES string of the molecule is Cc1ccc([C@@H]2CCOC(=O)N2)cc1. The summed E-state index contributed by atoms with van der Waals surface area (Å²) >= 11 is 0. The Hall–Kier alpha value is -1.51. The summed E-state index contributed by atoms with van der Waals surface area (Å²) in [6, 6.07) is 8.31. The summed E-state index contributed by atoms with van der Waals surface area (Å²) < 4.78 is 4.80. The van der Waals surface area contributed by atoms with Crippen LogP contribution in [0, 0.1) is 6.92 Å². The number of cyclic esters (lactones) is 1. The monoisotopic (exact) mass is 191 g/mol. The molecule has 1 fully saturated rings. The van der Waals surface area contributed by atoms with E-state index < -0.39 is 0 Å². The van der Waals surface area contributed by atoms with Gasteiger partial charge < -0.3 is 10.1 Å². The minimum atomic E-state index is -0.318. The number of carbonyl (C=O) groups is 1. The second-order valence-corrected chi connectivity index (χ2v) is 3.53. The Labute approximate surface area is 83.1 Å². The van der Waals surface area contributed by atoms with E-state index in [1.54, 1.807) is 0 Å². The van der Waals surface area contributed by atoms with Gasteiger partial charge in [0.15, 0.2) is 0 Å². The normalized spacial score (nSPS) is 21.2. The first-order chi connectivity index (χ1) is 6.75. The van der Waals surface area contributed by atoms with E-state index in [4.69, 9.17) is 4.74 Å². The molecule has 1 saturated heterocycles. The Morgan fingerprint density at radius 3 is 2.71 bits per heavy atom. The van der Waals surface area contributed by atoms with Crippen molar-refractivity contribution in [3.63, 3.8) is 0 Å². The van der Waals surface area contributed by atoms with Gasteiger partial charge in [-0.1, -0.05) is 29.8 Å². The van der Waals surface area contributed by atoms with Crippen molar-refractivity contribution in [3.05, 3.63) is 35.4 Å². The van der Waals surface area contributed by atoms with E-state index in [2.05, 4.69) is 17.4 Å². The number of ether oxygens (including phenoxy) is 1. The standard InChI is InChI=1S/C11H13NO2/c1-8-2-4-9(5-3-8)10-6-7-14-11(13)12-10/h2-5,10H,6-7H2,1H3,(H,12,13)/t10-/m0/s1. The highest BCUT2D eigenvalue weighted by atomic mass is 16.5. The highest BCUT2D eigenvalue weighted by Crippen LogP contribution is 2.20. The highest BCUT2D eigenvalue weighted by Gasteiger charge is 2.20. The lowest BCUT2D eigenvalue weighted by molar-refractivity contribution is 0.115. The molecule has 0 bridgehead atoms. The fourth-order valence-electron chi connectivity index (χ4n) is 1.57. The summed E-state index contributed by atoms with van der Waals surface area (Å²) in [4.78, 5) is 11.0. The van der Waals surface area contributed by atoms with Crippen LogP contribution in [0.5, 0.6) is 0 Å². The lowest BCUT2D eigenvalue weighted by atomic mass is 10.0. The van der Waals surface area contributed by atoms with Crippen molar-refractivity contribution in [1.29, 1.82) is 0 Å². The van der Waals surface area contributed by atoms with E-state index in [1.807, 2.05) is 19.1 Å². The molecule has 3 nitrogen and oxygen atoms in total. The molecule has 3 heteroatoms. The second-order valence-electron chi connectivity index (χ2n) is 3.53. The van der Waals surface area contributed by atoms with Crippen LogP contribution in [0.1, 0.15) is 23.6 Å². The van der Waals surface area contributed by atoms with Gasteiger partial charge in [-0.2, -0.15) is 0 Å². The molecule has 1 heterocycles. The molecule has 74 valence electrons. The lowest BCUT2D eigenvalue weighted by Crippen LogP contribution is -2.35. The molecule has 0 saturated carbocycles. The van der Waals surface area contributed by atoms with Gasteiger partial charge in [0.2, 0.25) is 0 Å². The van der Waals surface area contributed by atoms with Crippen molar-refractivity contribution in [2.24, 2.45) is 0 Å². The van der Waals surface area contributed by atoms with Crippen LogP contribution in [0.15, 0.2) is 24.3 Å². The van der Waals surface area contributed by atoms with Gasteiger partial charge in [-0.05, 0) is 12.5 Å². The van der Waals surface area contributed by atoms with Gasteiger partial charge in [-0.25, -0.2) is 4.79 Å². The van der Waals surface area contributed by atoms with Gasteiger partial charge in [0.1, 0.15) is 0 Å². The van der Waals surface area contributed by atoms with Crippen molar-refractivity contribution in [2.45, 2.75) is 19.4 Å². The van der Waals surface area contributed by atoms with Crippen LogP contribution in [0.4, 0.5) is 4.79 Å². The Balaban J connectivity index is 2.14. The van der Waals surface area contributed by atoms with Crippen molar-refractivity contribution in [2.75, 3.05) is 6.61 Å². The molecular formula is C11H13NO2. The molecule has 1 aliphatic rings. The first-order valence-electron chi connectivity index (χ1n) is 4.75. The molecule has 1 aliphatic heterocycles. The molecule has 1 atom stereocenters. The molecule has 1 N–H and O–H groups in total. The number of benzene rings is 1. The van der Waals surface area contributed by atoms with E-state index in [9.17, 15) is 4.79 Å². The highest BCUT2D eigenvalue weighted by molar-refractivity contribution is 5.68. The van der Waals surface area contributed by atoms with Crippen LogP contribution < -0.4 is 5.32 Å². The molecule has 1 aromatic carbocycles. The Bertz CT molecular complexity index is 332. The summed E-state index contributed by atoms with van der Waals surface area (Å²) in [5.41, 5.74) is 2.37. The third-order valence-corrected chi connectivity index (χ3v) is 2.41. The van der Waals surface area contributed by atoms with Crippen molar-refractivity contribution in [3.8, 4) is 0 Å². The van der Waals surface area contributed by atoms with E-state index in [0.717, 1.165) is 12.0 Å². The van der Waals surface area contributed by atoms with Gasteiger partial charge in [0.25, 0.3) is 0 Å². The zero-order chi connectivity index (χ0) is 9.97. The number of hydrogen-bond acceptors (Lipinski definition) is 2. The largest absolute Gasteiger partial charge is 0.449 e. The Morgan fingerprint density at radius 1 is 1.36 bits per heavy atom. The molecule has 0 unspecified atom stereocenters. The molecule has 1 aromatic rings. The molecule has 0 aliphatic carbocycles. The summed E-state index contributed by atoms with van der Waals surface area (Å²) in [6.07, 6.45) is 0.524. The maximum absolute atomic E-state index is 11.0. The van der Waals surface area contributed by atoms with Crippen LogP contribution in [0.2, 0.25) is 0 Å². The van der Waals surface area contributed by atoms with E-state index in [-0.39, 0.29) is 12.1 Å². The van der Waals surface area contributed by atoms with Crippen molar-refractivity contribution >= 4 is 6.09 Å². The van der Waals surface area contributed by atoms with Crippen molar-refractivity contribution < 1.29 is 9.53 Å². The first kappa shape index (κ1) is 9.06. The maximum atomic E-state index is 11.0. The molecule has 2 rings (SSSR count). The quantitative estimate of drug-likeness (QED) is 0.738. The molecule has 0 aromatic heterocycles. The minimum absolute atomic E-state index is 0.108. The predicted molar refractivity (Wildman–Crippen MR) is 53.0 cm³/mol. The number of carbonyl (C=O) groups excluding carboxylic acids is 1. The second kappa shape index (κ2) is 3.70. The van der Waals surface area contributed by atoms with Crippen LogP contribution in [-0.2, 0) is 4.74 Å². The summed E-state index contributed by atoms with van der Waals surface area (Å²) in [5.74, 6) is 0. The molecule has 14 heavy (non-hydrogen) atoms. The smallest absolute Gasteiger partial charge is 0.407 e. The number of rotatable bonds is 1. The topological polar surface area (TPSA) is 38.3 Å². The van der Waals surface area contributed by atoms with E-state index >= 15 is 0 Å². The van der Waals surface area contributed by atoms with Gasteiger partial charge in [0.05, 0.1) is 12.6 Å². The number of nitrogens with one attached hydrogen (secondary N) is 1. The number of alkyl carbamates (subject to hydrolysis) is 1. The number of hydrogen-bond donors (Lipinski definition) is 1. The Kier molecular flexibility index (Phi) is 2.39. The van der Waals surface area contributed by atoms with Gasteiger partial charge in [-0.15, -0.1) is 0 Å². The zero-order valence-corrected chi connectivity index (χ0v) is 8.12. The minimum Gasteiger partial charge on any atom is -0.449 e. The van der Waals surface area contributed by atoms with Gasteiger partial charge >= 0.3 is 6.09 Å². The van der Waals surface area contributed by atoms with Gasteiger partial charge in [-0.3, -0.25) is 0 Å². The van der Waals surface area contributed by atoms with Crippen LogP contribution in [0.25, 0.3) is 0 Å². The Morgan fingerprint density at radius 2 is 2.07 bits per heavy atom. The van der Waals surface area contributed by atoms with Crippen LogP contribution in [0.3, 0.4) is 0 Å². The average molecular weight is 191 g/mol. The summed E-state index contributed by atoms with van der Waals surface area (Å²) in [5, 5.41) is 2.79. The molecule has 1 amide bonds. The number of amides is 1. The van der Waals surface area contributed by atoms with E-state index in [1.165, 1.54) is 5.56 Å². The fraction of sp³-hybridized carbons (Fsp3) is 0.364. The fourth-order valence-corrected chi connectivity index (χ4v) is 1.57.